The lowest BCUT2D eigenvalue weighted by atomic mass is 9.80. The molecule has 2 aromatic carbocycles. The molecule has 7 nitrogen and oxygen atoms in total. The topological polar surface area (TPSA) is 91.8 Å². The van der Waals surface area contributed by atoms with Crippen molar-refractivity contribution in [3.8, 4) is 5.75 Å². The smallest absolute Gasteiger partial charge is 0.323 e. The number of aromatic hydroxyl groups is 1. The number of aromatic amines is 1. The Morgan fingerprint density at radius 2 is 2.06 bits per heavy atom. The van der Waals surface area contributed by atoms with E-state index >= 15 is 0 Å². The minimum absolute atomic E-state index is 0.134. The van der Waals surface area contributed by atoms with Gasteiger partial charge in [0.15, 0.2) is 6.23 Å². The second-order valence-electron chi connectivity index (χ2n) is 9.92. The molecule has 0 radical (unpaired) electrons. The number of nitrogens with zero attached hydrogens (tertiary/aromatic N) is 2. The van der Waals surface area contributed by atoms with Crippen LogP contribution in [-0.4, -0.2) is 61.9 Å². The summed E-state index contributed by atoms with van der Waals surface area (Å²) >= 11 is 6.33. The highest BCUT2D eigenvalue weighted by atomic mass is 35.5. The molecule has 0 bridgehead atoms. The van der Waals surface area contributed by atoms with Crippen molar-refractivity contribution in [2.75, 3.05) is 13.1 Å². The molecule has 0 saturated carbocycles. The van der Waals surface area contributed by atoms with Crippen molar-refractivity contribution in [1.82, 2.24) is 20.1 Å². The Balaban J connectivity index is 1.60. The number of urea groups is 1. The highest BCUT2D eigenvalue weighted by Gasteiger charge is 2.59. The summed E-state index contributed by atoms with van der Waals surface area (Å²) < 4.78 is 0. The molecule has 5 rings (SSSR count). The third kappa shape index (κ3) is 3.63. The Labute approximate surface area is 204 Å². The van der Waals surface area contributed by atoms with Gasteiger partial charge in [-0.3, -0.25) is 4.90 Å². The maximum Gasteiger partial charge on any atom is 0.323 e. The fraction of sp³-hybridized carbons (Fsp3) is 0.423. The van der Waals surface area contributed by atoms with E-state index in [0.29, 0.717) is 24.0 Å². The van der Waals surface area contributed by atoms with Gasteiger partial charge in [0, 0.05) is 40.6 Å². The standard InChI is InChI=1S/C26H31ClN4O3/c1-15(2)28-10-5-11-30-24(33)26(3)14-20-19-13-17(27)8-9-21(19)29-22(20)23(31(26)25(30)34)16-6-4-7-18(32)12-16/h4,6-9,12-13,15,23-24,28-29,32-33H,5,10-11,14H2,1-3H3/t23-,24?,26+/m1/s1. The first-order valence-electron chi connectivity index (χ1n) is 11.8. The van der Waals surface area contributed by atoms with E-state index in [1.807, 2.05) is 31.2 Å². The summed E-state index contributed by atoms with van der Waals surface area (Å²) in [4.78, 5) is 20.7. The summed E-state index contributed by atoms with van der Waals surface area (Å²) in [5.41, 5.74) is 2.81. The lowest BCUT2D eigenvalue weighted by Gasteiger charge is -2.44. The molecule has 8 heteroatoms. The van der Waals surface area contributed by atoms with Crippen LogP contribution in [-0.2, 0) is 6.42 Å². The number of nitrogens with one attached hydrogen (secondary N) is 2. The molecule has 1 fully saturated rings. The van der Waals surface area contributed by atoms with E-state index < -0.39 is 17.8 Å². The van der Waals surface area contributed by atoms with Gasteiger partial charge < -0.3 is 25.4 Å². The second kappa shape index (κ2) is 8.48. The lowest BCUT2D eigenvalue weighted by Crippen LogP contribution is -2.55. The van der Waals surface area contributed by atoms with Crippen LogP contribution in [0.4, 0.5) is 4.79 Å². The number of hydrogen-bond acceptors (Lipinski definition) is 4. The van der Waals surface area contributed by atoms with Crippen LogP contribution in [0.15, 0.2) is 42.5 Å². The van der Waals surface area contributed by atoms with Gasteiger partial charge in [0.1, 0.15) is 11.8 Å². The summed E-state index contributed by atoms with van der Waals surface area (Å²) in [6, 6.07) is 12.4. The SMILES string of the molecule is CC(C)NCCCN1C(=O)N2[C@H](c3cccc(O)c3)c3[nH]c4ccc(Cl)cc4c3C[C@@]2(C)C1O. The summed E-state index contributed by atoms with van der Waals surface area (Å²) in [6.45, 7) is 7.34. The van der Waals surface area contributed by atoms with E-state index in [1.165, 1.54) is 0 Å². The van der Waals surface area contributed by atoms with E-state index in [9.17, 15) is 15.0 Å². The lowest BCUT2D eigenvalue weighted by molar-refractivity contribution is -0.0245. The van der Waals surface area contributed by atoms with E-state index in [-0.39, 0.29) is 11.8 Å². The number of aromatic nitrogens is 1. The van der Waals surface area contributed by atoms with Gasteiger partial charge in [0.25, 0.3) is 0 Å². The van der Waals surface area contributed by atoms with Gasteiger partial charge in [-0.15, -0.1) is 0 Å². The molecule has 34 heavy (non-hydrogen) atoms. The number of rotatable bonds is 6. The van der Waals surface area contributed by atoms with Crippen LogP contribution in [0.5, 0.6) is 5.75 Å². The number of phenols is 1. The zero-order valence-electron chi connectivity index (χ0n) is 19.7. The molecule has 1 unspecified atom stereocenters. The number of halogens is 1. The predicted octanol–water partition coefficient (Wildman–Crippen LogP) is 4.38. The number of H-pyrrole nitrogens is 1. The number of benzene rings is 2. The highest BCUT2D eigenvalue weighted by molar-refractivity contribution is 6.31. The van der Waals surface area contributed by atoms with Gasteiger partial charge in [-0.2, -0.15) is 0 Å². The largest absolute Gasteiger partial charge is 0.508 e. The molecule has 3 aromatic rings. The normalized spacial score (nSPS) is 24.2. The number of aliphatic hydroxyl groups is 1. The summed E-state index contributed by atoms with van der Waals surface area (Å²) in [7, 11) is 0. The van der Waals surface area contributed by atoms with Crippen LogP contribution in [0.25, 0.3) is 10.9 Å². The van der Waals surface area contributed by atoms with Crippen LogP contribution < -0.4 is 5.32 Å². The molecule has 2 amide bonds. The average Bonchev–Trinajstić information content (AvgIpc) is 3.22. The van der Waals surface area contributed by atoms with E-state index in [4.69, 9.17) is 11.6 Å². The number of hydrogen-bond donors (Lipinski definition) is 4. The minimum Gasteiger partial charge on any atom is -0.508 e. The molecule has 3 atom stereocenters. The zero-order valence-corrected chi connectivity index (χ0v) is 20.4. The van der Waals surface area contributed by atoms with Crippen molar-refractivity contribution in [1.29, 1.82) is 0 Å². The quantitative estimate of drug-likeness (QED) is 0.392. The summed E-state index contributed by atoms with van der Waals surface area (Å²) in [5.74, 6) is 0.134. The van der Waals surface area contributed by atoms with Crippen molar-refractivity contribution in [2.24, 2.45) is 0 Å². The Morgan fingerprint density at radius 1 is 1.26 bits per heavy atom. The monoisotopic (exact) mass is 482 g/mol. The molecule has 3 heterocycles. The Kier molecular flexibility index (Phi) is 5.74. The Bertz CT molecular complexity index is 1240. The first kappa shape index (κ1) is 23.0. The predicted molar refractivity (Wildman–Crippen MR) is 133 cm³/mol. The average molecular weight is 483 g/mol. The molecular formula is C26H31ClN4O3. The third-order valence-corrected chi connectivity index (χ3v) is 7.37. The molecular weight excluding hydrogens is 452 g/mol. The van der Waals surface area contributed by atoms with Crippen molar-refractivity contribution < 1.29 is 15.0 Å². The number of carbonyl (C=O) groups excluding carboxylic acids is 1. The number of carbonyl (C=O) groups is 1. The summed E-state index contributed by atoms with van der Waals surface area (Å²) in [6.07, 6.45) is 0.271. The zero-order chi connectivity index (χ0) is 24.2. The molecule has 180 valence electrons. The van der Waals surface area contributed by atoms with Crippen molar-refractivity contribution in [3.63, 3.8) is 0 Å². The van der Waals surface area contributed by atoms with Gasteiger partial charge >= 0.3 is 6.03 Å². The number of phenolic OH excluding ortho intramolecular Hbond substituents is 1. The fourth-order valence-electron chi connectivity index (χ4n) is 5.52. The Hall–Kier alpha value is -2.74. The maximum absolute atomic E-state index is 13.8. The van der Waals surface area contributed by atoms with Crippen molar-refractivity contribution in [3.05, 3.63) is 64.3 Å². The van der Waals surface area contributed by atoms with E-state index in [0.717, 1.165) is 40.7 Å². The van der Waals surface area contributed by atoms with Gasteiger partial charge in [0.2, 0.25) is 0 Å². The molecule has 4 N–H and O–H groups in total. The highest BCUT2D eigenvalue weighted by Crippen LogP contribution is 2.50. The molecule has 0 spiro atoms. The third-order valence-electron chi connectivity index (χ3n) is 7.14. The van der Waals surface area contributed by atoms with Crippen LogP contribution in [0.3, 0.4) is 0 Å². The number of fused-ring (bicyclic) bond motifs is 4. The molecule has 2 aliphatic rings. The number of amides is 2. The maximum atomic E-state index is 13.8. The van der Waals surface area contributed by atoms with Gasteiger partial charge in [-0.05, 0) is 61.3 Å². The first-order chi connectivity index (χ1) is 16.2. The van der Waals surface area contributed by atoms with Crippen LogP contribution in [0.2, 0.25) is 5.02 Å². The Morgan fingerprint density at radius 3 is 2.79 bits per heavy atom. The molecule has 0 aliphatic carbocycles. The fourth-order valence-corrected chi connectivity index (χ4v) is 5.70. The van der Waals surface area contributed by atoms with Crippen molar-refractivity contribution in [2.45, 2.75) is 57.5 Å². The van der Waals surface area contributed by atoms with Crippen LogP contribution in [0.1, 0.15) is 50.1 Å². The first-order valence-corrected chi connectivity index (χ1v) is 12.2. The summed E-state index contributed by atoms with van der Waals surface area (Å²) in [5, 5.41) is 26.7. The van der Waals surface area contributed by atoms with Crippen LogP contribution in [0, 0.1) is 0 Å². The van der Waals surface area contributed by atoms with Crippen LogP contribution >= 0.6 is 11.6 Å². The number of aliphatic hydroxyl groups excluding tert-OH is 1. The van der Waals surface area contributed by atoms with Gasteiger partial charge in [0.05, 0.1) is 5.54 Å². The van der Waals surface area contributed by atoms with Crippen molar-refractivity contribution >= 4 is 28.5 Å². The van der Waals surface area contributed by atoms with E-state index in [2.05, 4.69) is 24.1 Å². The molecule has 1 aromatic heterocycles. The second-order valence-corrected chi connectivity index (χ2v) is 10.4. The van der Waals surface area contributed by atoms with Gasteiger partial charge in [-0.1, -0.05) is 37.6 Å². The minimum atomic E-state index is -0.962. The van der Waals surface area contributed by atoms with Gasteiger partial charge in [-0.25, -0.2) is 4.79 Å². The molecule has 1 saturated heterocycles. The molecule has 2 aliphatic heterocycles. The van der Waals surface area contributed by atoms with E-state index in [1.54, 1.807) is 28.0 Å².